The molecule has 0 saturated carbocycles. The summed E-state index contributed by atoms with van der Waals surface area (Å²) in [5.41, 5.74) is -0.266. The number of hydrogen-bond donors (Lipinski definition) is 1. The van der Waals surface area contributed by atoms with E-state index in [1.54, 1.807) is 24.3 Å². The third kappa shape index (κ3) is 2.65. The highest BCUT2D eigenvalue weighted by Gasteiger charge is 2.06. The van der Waals surface area contributed by atoms with E-state index in [2.05, 4.69) is 10.2 Å². The largest absolute Gasteiger partial charge is 0.473 e. The number of carbonyl (C=O) groups excluding carboxylic acids is 1. The smallest absolute Gasteiger partial charge is 0.302 e. The second kappa shape index (κ2) is 5.31. The average Bonchev–Trinajstić information content (AvgIpc) is 2.37. The molecule has 1 aromatic carbocycles. The van der Waals surface area contributed by atoms with Crippen LogP contribution in [0.3, 0.4) is 0 Å². The van der Waals surface area contributed by atoms with Gasteiger partial charge >= 0.3 is 5.97 Å². The maximum absolute atomic E-state index is 11.5. The highest BCUT2D eigenvalue weighted by atomic mass is 16.6. The van der Waals surface area contributed by atoms with Crippen LogP contribution in [-0.2, 0) is 9.53 Å². The van der Waals surface area contributed by atoms with Crippen LogP contribution in [0.2, 0.25) is 0 Å². The van der Waals surface area contributed by atoms with Crippen molar-refractivity contribution in [1.82, 2.24) is 10.2 Å². The van der Waals surface area contributed by atoms with Gasteiger partial charge in [0.25, 0.3) is 5.56 Å². The second-order valence-corrected chi connectivity index (χ2v) is 3.59. The van der Waals surface area contributed by atoms with Crippen LogP contribution >= 0.6 is 0 Å². The fraction of sp³-hybridized carbons (Fsp3) is 0.250. The Labute approximate surface area is 103 Å². The lowest BCUT2D eigenvalue weighted by Crippen LogP contribution is -2.14. The molecule has 0 aliphatic rings. The predicted molar refractivity (Wildman–Crippen MR) is 64.5 cm³/mol. The average molecular weight is 248 g/mol. The van der Waals surface area contributed by atoms with Crippen molar-refractivity contribution in [2.75, 3.05) is 13.2 Å². The van der Waals surface area contributed by atoms with Crippen LogP contribution in [0.5, 0.6) is 5.88 Å². The molecule has 94 valence electrons. The fourth-order valence-electron chi connectivity index (χ4n) is 1.52. The number of aromatic amines is 1. The van der Waals surface area contributed by atoms with Crippen molar-refractivity contribution in [3.05, 3.63) is 34.6 Å². The summed E-state index contributed by atoms with van der Waals surface area (Å²) in [5.74, 6) is -0.0461. The SMILES string of the molecule is CC(=O)OCCOc1n[nH]c(=O)c2ccccc12. The molecule has 0 aliphatic carbocycles. The molecule has 1 heterocycles. The highest BCUT2D eigenvalue weighted by molar-refractivity contribution is 5.85. The monoisotopic (exact) mass is 248 g/mol. The molecule has 0 unspecified atom stereocenters. The standard InChI is InChI=1S/C12H12N2O4/c1-8(15)17-6-7-18-12-10-5-3-2-4-9(10)11(16)13-14-12/h2-5H,6-7H2,1H3,(H,13,16). The Bertz CT molecular complexity index is 621. The van der Waals surface area contributed by atoms with Gasteiger partial charge in [0, 0.05) is 6.92 Å². The Morgan fingerprint density at radius 2 is 2.00 bits per heavy atom. The Hall–Kier alpha value is -2.37. The number of fused-ring (bicyclic) bond motifs is 1. The van der Waals surface area contributed by atoms with Crippen molar-refractivity contribution in [2.24, 2.45) is 0 Å². The summed E-state index contributed by atoms with van der Waals surface area (Å²) in [6.45, 7) is 1.65. The Morgan fingerprint density at radius 3 is 2.72 bits per heavy atom. The Morgan fingerprint density at radius 1 is 1.28 bits per heavy atom. The summed E-state index contributed by atoms with van der Waals surface area (Å²) in [6, 6.07) is 7.00. The summed E-state index contributed by atoms with van der Waals surface area (Å²) >= 11 is 0. The normalized spacial score (nSPS) is 10.3. The number of ether oxygens (including phenoxy) is 2. The minimum absolute atomic E-state index is 0.143. The van der Waals surface area contributed by atoms with E-state index in [1.807, 2.05) is 0 Å². The number of H-pyrrole nitrogens is 1. The summed E-state index contributed by atoms with van der Waals surface area (Å²) in [6.07, 6.45) is 0. The molecule has 2 rings (SSSR count). The lowest BCUT2D eigenvalue weighted by molar-refractivity contribution is -0.141. The van der Waals surface area contributed by atoms with Gasteiger partial charge in [-0.15, -0.1) is 5.10 Å². The van der Waals surface area contributed by atoms with Gasteiger partial charge in [-0.3, -0.25) is 9.59 Å². The molecule has 0 atom stereocenters. The minimum atomic E-state index is -0.363. The lowest BCUT2D eigenvalue weighted by atomic mass is 10.2. The van der Waals surface area contributed by atoms with E-state index in [-0.39, 0.29) is 24.7 Å². The van der Waals surface area contributed by atoms with Crippen LogP contribution in [0, 0.1) is 0 Å². The molecule has 0 fully saturated rings. The highest BCUT2D eigenvalue weighted by Crippen LogP contribution is 2.18. The zero-order chi connectivity index (χ0) is 13.0. The Kier molecular flexibility index (Phi) is 3.57. The molecule has 0 aliphatic heterocycles. The molecule has 18 heavy (non-hydrogen) atoms. The van der Waals surface area contributed by atoms with E-state index in [4.69, 9.17) is 9.47 Å². The first-order valence-corrected chi connectivity index (χ1v) is 5.42. The maximum atomic E-state index is 11.5. The van der Waals surface area contributed by atoms with Gasteiger partial charge < -0.3 is 9.47 Å². The van der Waals surface area contributed by atoms with Crippen LogP contribution in [0.1, 0.15) is 6.92 Å². The molecule has 0 amide bonds. The van der Waals surface area contributed by atoms with Crippen LogP contribution in [0.4, 0.5) is 0 Å². The van der Waals surface area contributed by atoms with E-state index >= 15 is 0 Å². The van der Waals surface area contributed by atoms with E-state index in [0.29, 0.717) is 16.7 Å². The van der Waals surface area contributed by atoms with Crippen molar-refractivity contribution >= 4 is 16.7 Å². The Balaban J connectivity index is 2.16. The molecule has 2 aromatic rings. The first kappa shape index (κ1) is 12.1. The summed E-state index contributed by atoms with van der Waals surface area (Å²) in [5, 5.41) is 7.32. The molecular formula is C12H12N2O4. The van der Waals surface area contributed by atoms with E-state index in [0.717, 1.165) is 0 Å². The first-order chi connectivity index (χ1) is 8.68. The fourth-order valence-corrected chi connectivity index (χ4v) is 1.52. The van der Waals surface area contributed by atoms with Gasteiger partial charge in [-0.05, 0) is 12.1 Å². The number of benzene rings is 1. The number of carbonyl (C=O) groups is 1. The van der Waals surface area contributed by atoms with Gasteiger partial charge in [0.1, 0.15) is 13.2 Å². The van der Waals surface area contributed by atoms with E-state index in [1.165, 1.54) is 6.92 Å². The van der Waals surface area contributed by atoms with Gasteiger partial charge in [-0.25, -0.2) is 5.10 Å². The molecule has 0 bridgehead atoms. The van der Waals surface area contributed by atoms with Gasteiger partial charge in [0.15, 0.2) is 0 Å². The molecule has 6 nitrogen and oxygen atoms in total. The molecule has 1 N–H and O–H groups in total. The van der Waals surface area contributed by atoms with E-state index < -0.39 is 0 Å². The molecule has 1 aromatic heterocycles. The van der Waals surface area contributed by atoms with Crippen molar-refractivity contribution in [1.29, 1.82) is 0 Å². The van der Waals surface area contributed by atoms with Gasteiger partial charge in [-0.1, -0.05) is 12.1 Å². The molecular weight excluding hydrogens is 236 g/mol. The lowest BCUT2D eigenvalue weighted by Gasteiger charge is -2.07. The van der Waals surface area contributed by atoms with Gasteiger partial charge in [0.2, 0.25) is 5.88 Å². The van der Waals surface area contributed by atoms with Gasteiger partial charge in [0.05, 0.1) is 10.8 Å². The zero-order valence-electron chi connectivity index (χ0n) is 9.80. The van der Waals surface area contributed by atoms with Crippen LogP contribution in [0.15, 0.2) is 29.1 Å². The molecule has 0 spiro atoms. The van der Waals surface area contributed by atoms with Gasteiger partial charge in [-0.2, -0.15) is 0 Å². The molecule has 0 saturated heterocycles. The quantitative estimate of drug-likeness (QED) is 0.641. The minimum Gasteiger partial charge on any atom is -0.473 e. The number of esters is 1. The number of hydrogen-bond acceptors (Lipinski definition) is 5. The number of nitrogens with zero attached hydrogens (tertiary/aromatic N) is 1. The summed E-state index contributed by atoms with van der Waals surface area (Å²) in [7, 11) is 0. The maximum Gasteiger partial charge on any atom is 0.302 e. The first-order valence-electron chi connectivity index (χ1n) is 5.42. The summed E-state index contributed by atoms with van der Waals surface area (Å²) in [4.78, 5) is 22.1. The third-order valence-electron chi connectivity index (χ3n) is 2.29. The topological polar surface area (TPSA) is 81.3 Å². The van der Waals surface area contributed by atoms with Crippen molar-refractivity contribution in [3.8, 4) is 5.88 Å². The third-order valence-corrected chi connectivity index (χ3v) is 2.29. The van der Waals surface area contributed by atoms with Crippen LogP contribution < -0.4 is 10.3 Å². The van der Waals surface area contributed by atoms with Crippen LogP contribution in [-0.4, -0.2) is 29.4 Å². The van der Waals surface area contributed by atoms with Crippen molar-refractivity contribution in [2.45, 2.75) is 6.92 Å². The molecule has 6 heteroatoms. The number of aromatic nitrogens is 2. The van der Waals surface area contributed by atoms with Crippen molar-refractivity contribution < 1.29 is 14.3 Å². The van der Waals surface area contributed by atoms with Crippen molar-refractivity contribution in [3.63, 3.8) is 0 Å². The van der Waals surface area contributed by atoms with Crippen LogP contribution in [0.25, 0.3) is 10.8 Å². The second-order valence-electron chi connectivity index (χ2n) is 3.59. The van der Waals surface area contributed by atoms with E-state index in [9.17, 15) is 9.59 Å². The zero-order valence-corrected chi connectivity index (χ0v) is 9.80. The molecule has 0 radical (unpaired) electrons. The summed E-state index contributed by atoms with van der Waals surface area (Å²) < 4.78 is 10.1. The predicted octanol–water partition coefficient (Wildman–Crippen LogP) is 0.865. The number of nitrogens with one attached hydrogen (secondary N) is 1. The number of rotatable bonds is 4.